The molecule has 0 rings (SSSR count). The number of hydrogen-bond donors (Lipinski definition) is 2. The van der Waals surface area contributed by atoms with Gasteiger partial charge in [0.05, 0.1) is 12.6 Å². The van der Waals surface area contributed by atoms with E-state index < -0.39 is 18.2 Å². The van der Waals surface area contributed by atoms with Crippen molar-refractivity contribution in [1.29, 1.82) is 0 Å². The first-order valence-corrected chi connectivity index (χ1v) is 2.05. The van der Waals surface area contributed by atoms with Crippen molar-refractivity contribution in [2.24, 2.45) is 0 Å². The summed E-state index contributed by atoms with van der Waals surface area (Å²) in [5, 5.41) is 26.3. The molecule has 0 aromatic carbocycles. The van der Waals surface area contributed by atoms with Crippen LogP contribution in [0.15, 0.2) is 0 Å². The predicted octanol–water partition coefficient (Wildman–Crippen LogP) is -5.52. The molecule has 0 aliphatic heterocycles. The van der Waals surface area contributed by atoms with Gasteiger partial charge in [-0.2, -0.15) is 0 Å². The summed E-state index contributed by atoms with van der Waals surface area (Å²) in [6, 6.07) is 0. The molecular weight excluding hydrogens is 135 g/mol. The Morgan fingerprint density at radius 1 is 1.78 bits per heavy atom. The zero-order valence-electron chi connectivity index (χ0n) is 5.42. The number of carbonyl (C=O) groups is 1. The van der Waals surface area contributed by atoms with E-state index in [0.717, 1.165) is 6.92 Å². The van der Waals surface area contributed by atoms with Crippen LogP contribution in [-0.2, 0) is 4.79 Å². The van der Waals surface area contributed by atoms with Gasteiger partial charge in [0, 0.05) is 0 Å². The molecule has 1 atom stereocenters. The normalized spacial score (nSPS) is 15.4. The van der Waals surface area contributed by atoms with Gasteiger partial charge in [0.1, 0.15) is 5.60 Å². The number of hydrogen-bond acceptors (Lipinski definition) is 4. The molecule has 4 nitrogen and oxygen atoms in total. The quantitative estimate of drug-likeness (QED) is 0.377. The molecule has 1 unspecified atom stereocenters. The molecule has 9 heavy (non-hydrogen) atoms. The van der Waals surface area contributed by atoms with Crippen LogP contribution < -0.4 is 34.7 Å². The van der Waals surface area contributed by atoms with Crippen LogP contribution >= 0.6 is 0 Å². The molecule has 0 saturated heterocycles. The van der Waals surface area contributed by atoms with Crippen LogP contribution in [0.1, 0.15) is 6.92 Å². The van der Waals surface area contributed by atoms with E-state index in [1.165, 1.54) is 0 Å². The van der Waals surface area contributed by atoms with Gasteiger partial charge < -0.3 is 20.1 Å². The molecule has 0 spiro atoms. The van der Waals surface area contributed by atoms with Gasteiger partial charge in [0.2, 0.25) is 0 Å². The van der Waals surface area contributed by atoms with Crippen molar-refractivity contribution >= 4 is 5.97 Å². The van der Waals surface area contributed by atoms with E-state index in [1.54, 1.807) is 0 Å². The van der Waals surface area contributed by atoms with E-state index in [-0.39, 0.29) is 29.6 Å². The summed E-state index contributed by atoms with van der Waals surface area (Å²) < 4.78 is 0. The van der Waals surface area contributed by atoms with Crippen molar-refractivity contribution in [3.63, 3.8) is 0 Å². The third-order valence-corrected chi connectivity index (χ3v) is 0.748. The van der Waals surface area contributed by atoms with Gasteiger partial charge >= 0.3 is 29.6 Å². The summed E-state index contributed by atoms with van der Waals surface area (Å²) >= 11 is 0. The maximum Gasteiger partial charge on any atom is 1.00 e. The molecule has 0 aliphatic rings. The number of carboxylic acids is 1. The molecule has 0 saturated carbocycles. The molecule has 0 amide bonds. The minimum atomic E-state index is -2.10. The van der Waals surface area contributed by atoms with Crippen LogP contribution in [0.3, 0.4) is 0 Å². The van der Waals surface area contributed by atoms with E-state index in [1.807, 2.05) is 0 Å². The molecule has 5 heteroatoms. The Balaban J connectivity index is 0. The average Bonchev–Trinajstić information content (AvgIpc) is 1.67. The fraction of sp³-hybridized carbons (Fsp3) is 0.750. The van der Waals surface area contributed by atoms with Gasteiger partial charge in [-0.15, -0.1) is 0 Å². The van der Waals surface area contributed by atoms with Crippen molar-refractivity contribution in [1.82, 2.24) is 0 Å². The second kappa shape index (κ2) is 4.24. The first-order valence-electron chi connectivity index (χ1n) is 2.05. The number of rotatable bonds is 2. The van der Waals surface area contributed by atoms with E-state index in [4.69, 9.17) is 10.2 Å². The summed E-state index contributed by atoms with van der Waals surface area (Å²) in [4.78, 5) is 9.73. The Bertz CT molecular complexity index is 101. The minimum absolute atomic E-state index is 0. The first kappa shape index (κ1) is 12.1. The summed E-state index contributed by atoms with van der Waals surface area (Å²) in [7, 11) is 0. The largest absolute Gasteiger partial charge is 1.00 e. The summed E-state index contributed by atoms with van der Waals surface area (Å²) in [6.45, 7) is 0.137. The van der Waals surface area contributed by atoms with Crippen LogP contribution in [0.25, 0.3) is 0 Å². The SMILES string of the molecule is CC(O)(CO)C(=O)[O-].[Na+]. The monoisotopic (exact) mass is 142 g/mol. The van der Waals surface area contributed by atoms with Gasteiger partial charge in [0.25, 0.3) is 0 Å². The van der Waals surface area contributed by atoms with Gasteiger partial charge in [0.15, 0.2) is 0 Å². The van der Waals surface area contributed by atoms with E-state index >= 15 is 0 Å². The van der Waals surface area contributed by atoms with E-state index in [2.05, 4.69) is 0 Å². The topological polar surface area (TPSA) is 80.6 Å². The second-order valence-electron chi connectivity index (χ2n) is 1.72. The molecule has 48 valence electrons. The van der Waals surface area contributed by atoms with E-state index in [0.29, 0.717) is 0 Å². The number of carbonyl (C=O) groups excluding carboxylic acids is 1. The van der Waals surface area contributed by atoms with Crippen LogP contribution in [0, 0.1) is 0 Å². The van der Waals surface area contributed by atoms with Crippen molar-refractivity contribution in [2.45, 2.75) is 12.5 Å². The van der Waals surface area contributed by atoms with Gasteiger partial charge in [-0.1, -0.05) is 0 Å². The molecule has 0 bridgehead atoms. The standard InChI is InChI=1S/C4H8O4.Na/c1-4(8,2-5)3(6)7;/h5,8H,2H2,1H3,(H,6,7);/q;+1/p-1. The van der Waals surface area contributed by atoms with Crippen LogP contribution in [0.2, 0.25) is 0 Å². The molecule has 0 aliphatic carbocycles. The zero-order valence-corrected chi connectivity index (χ0v) is 7.42. The second-order valence-corrected chi connectivity index (χ2v) is 1.72. The average molecular weight is 142 g/mol. The van der Waals surface area contributed by atoms with Gasteiger partial charge in [-0.3, -0.25) is 0 Å². The van der Waals surface area contributed by atoms with Crippen molar-refractivity contribution in [3.05, 3.63) is 0 Å². The van der Waals surface area contributed by atoms with Crippen molar-refractivity contribution in [2.75, 3.05) is 6.61 Å². The Morgan fingerprint density at radius 2 is 2.11 bits per heavy atom. The van der Waals surface area contributed by atoms with E-state index in [9.17, 15) is 9.90 Å². The third-order valence-electron chi connectivity index (χ3n) is 0.748. The van der Waals surface area contributed by atoms with Crippen molar-refractivity contribution in [3.8, 4) is 0 Å². The number of carboxylic acid groups (broad SMARTS) is 1. The Morgan fingerprint density at radius 3 is 2.11 bits per heavy atom. The Kier molecular flexibility index (Phi) is 5.71. The summed E-state index contributed by atoms with van der Waals surface area (Å²) in [5.74, 6) is -1.67. The molecule has 0 radical (unpaired) electrons. The molecule has 0 heterocycles. The summed E-state index contributed by atoms with van der Waals surface area (Å²) in [6.07, 6.45) is 0. The number of aliphatic carboxylic acids is 1. The fourth-order valence-electron chi connectivity index (χ4n) is 0.0645. The molecule has 0 aromatic rings. The predicted molar refractivity (Wildman–Crippen MR) is 22.7 cm³/mol. The summed E-state index contributed by atoms with van der Waals surface area (Å²) in [5.41, 5.74) is -2.10. The Labute approximate surface area is 74.8 Å². The van der Waals surface area contributed by atoms with Gasteiger partial charge in [-0.25, -0.2) is 0 Å². The van der Waals surface area contributed by atoms with Crippen molar-refractivity contribution < 1.29 is 49.7 Å². The molecule has 0 aromatic heterocycles. The number of aliphatic hydroxyl groups is 2. The van der Waals surface area contributed by atoms with Crippen LogP contribution in [0.4, 0.5) is 0 Å². The fourth-order valence-corrected chi connectivity index (χ4v) is 0.0645. The third kappa shape index (κ3) is 3.89. The molecule has 0 fully saturated rings. The number of aliphatic hydroxyl groups excluding tert-OH is 1. The first-order chi connectivity index (χ1) is 3.50. The van der Waals surface area contributed by atoms with Gasteiger partial charge in [-0.05, 0) is 6.92 Å². The van der Waals surface area contributed by atoms with Crippen LogP contribution in [0.5, 0.6) is 0 Å². The zero-order chi connectivity index (χ0) is 6.78. The molecule has 2 N–H and O–H groups in total. The maximum atomic E-state index is 9.73. The smallest absolute Gasteiger partial charge is 0.547 e. The van der Waals surface area contributed by atoms with Crippen LogP contribution in [-0.4, -0.2) is 28.4 Å². The Hall–Kier alpha value is 0.390. The molecular formula is C4H7NaO4. The maximum absolute atomic E-state index is 9.73. The minimum Gasteiger partial charge on any atom is -0.547 e.